The van der Waals surface area contributed by atoms with Crippen LogP contribution in [0.4, 0.5) is 0 Å². The van der Waals surface area contributed by atoms with Gasteiger partial charge in [-0.2, -0.15) is 0 Å². The molecule has 2 heterocycles. The summed E-state index contributed by atoms with van der Waals surface area (Å²) in [5.74, 6) is 0. The first-order valence-corrected chi connectivity index (χ1v) is 18.1. The number of rotatable bonds is 6. The molecule has 49 heavy (non-hydrogen) atoms. The molecular weight excluding hydrogens is 661 g/mol. The van der Waals surface area contributed by atoms with E-state index in [0.717, 1.165) is 61.5 Å². The van der Waals surface area contributed by atoms with Crippen molar-refractivity contribution in [2.24, 2.45) is 0 Å². The molecule has 230 valence electrons. The van der Waals surface area contributed by atoms with E-state index in [0.29, 0.717) is 0 Å². The summed E-state index contributed by atoms with van der Waals surface area (Å²) in [7, 11) is 0. The van der Waals surface area contributed by atoms with Crippen LogP contribution in [-0.4, -0.2) is 29.9 Å². The SMILES string of the molecule is c1ccc(-c2ccccc2-c2c(-c3ccccc3)nnnc2-c2cccc(-c3ccccc3)c2-c2cccc3[se]c4ccccc4c23)cc1. The van der Waals surface area contributed by atoms with Gasteiger partial charge in [0.1, 0.15) is 0 Å². The van der Waals surface area contributed by atoms with Crippen LogP contribution >= 0.6 is 0 Å². The Hall–Kier alpha value is -5.93. The maximum absolute atomic E-state index is 4.95. The average molecular weight is 691 g/mol. The third kappa shape index (κ3) is 5.19. The molecule has 0 spiro atoms. The van der Waals surface area contributed by atoms with Crippen molar-refractivity contribution in [3.63, 3.8) is 0 Å². The summed E-state index contributed by atoms with van der Waals surface area (Å²) in [6, 6.07) is 62.5. The summed E-state index contributed by atoms with van der Waals surface area (Å²) in [5, 5.41) is 16.8. The van der Waals surface area contributed by atoms with Crippen molar-refractivity contribution in [1.29, 1.82) is 0 Å². The molecule has 0 saturated carbocycles. The Balaban J connectivity index is 1.42. The van der Waals surface area contributed by atoms with Crippen molar-refractivity contribution in [2.75, 3.05) is 0 Å². The summed E-state index contributed by atoms with van der Waals surface area (Å²) in [5.41, 5.74) is 12.6. The zero-order chi connectivity index (χ0) is 32.6. The first-order chi connectivity index (χ1) is 24.3. The van der Waals surface area contributed by atoms with Crippen molar-refractivity contribution in [2.45, 2.75) is 0 Å². The van der Waals surface area contributed by atoms with E-state index in [4.69, 9.17) is 10.2 Å². The number of hydrogen-bond donors (Lipinski definition) is 0. The van der Waals surface area contributed by atoms with Crippen LogP contribution < -0.4 is 0 Å². The fraction of sp³-hybridized carbons (Fsp3) is 0. The predicted molar refractivity (Wildman–Crippen MR) is 204 cm³/mol. The van der Waals surface area contributed by atoms with E-state index in [1.807, 2.05) is 6.07 Å². The average Bonchev–Trinajstić information content (AvgIpc) is 3.57. The molecule has 0 aliphatic carbocycles. The molecule has 0 saturated heterocycles. The second kappa shape index (κ2) is 12.6. The van der Waals surface area contributed by atoms with Crippen LogP contribution in [0.15, 0.2) is 176 Å². The molecule has 0 N–H and O–H groups in total. The predicted octanol–water partition coefficient (Wildman–Crippen LogP) is 11.2. The second-order valence-corrected chi connectivity index (χ2v) is 14.3. The van der Waals surface area contributed by atoms with E-state index in [9.17, 15) is 0 Å². The summed E-state index contributed by atoms with van der Waals surface area (Å²) in [4.78, 5) is 0. The van der Waals surface area contributed by atoms with Gasteiger partial charge >= 0.3 is 286 Å². The van der Waals surface area contributed by atoms with Crippen LogP contribution in [0.25, 0.3) is 86.3 Å². The molecule has 0 amide bonds. The molecule has 3 nitrogen and oxygen atoms in total. The first-order valence-electron chi connectivity index (χ1n) is 16.4. The maximum atomic E-state index is 4.95. The Morgan fingerprint density at radius 2 is 0.837 bits per heavy atom. The van der Waals surface area contributed by atoms with Gasteiger partial charge in [-0.15, -0.1) is 0 Å². The van der Waals surface area contributed by atoms with Gasteiger partial charge < -0.3 is 0 Å². The molecule has 0 aliphatic heterocycles. The van der Waals surface area contributed by atoms with E-state index >= 15 is 0 Å². The van der Waals surface area contributed by atoms with E-state index in [-0.39, 0.29) is 14.5 Å². The quantitative estimate of drug-likeness (QED) is 0.163. The fourth-order valence-electron chi connectivity index (χ4n) is 7.02. The van der Waals surface area contributed by atoms with E-state index in [1.165, 1.54) is 24.9 Å². The molecule has 0 fully saturated rings. The number of benzene rings is 7. The minimum atomic E-state index is 0.237. The molecule has 0 aliphatic rings. The van der Waals surface area contributed by atoms with Crippen LogP contribution in [0.3, 0.4) is 0 Å². The Bertz CT molecular complexity index is 2590. The first kappa shape index (κ1) is 29.2. The Morgan fingerprint density at radius 1 is 0.327 bits per heavy atom. The summed E-state index contributed by atoms with van der Waals surface area (Å²) < 4.78 is 2.82. The topological polar surface area (TPSA) is 38.7 Å². The zero-order valence-corrected chi connectivity index (χ0v) is 28.2. The Morgan fingerprint density at radius 3 is 1.59 bits per heavy atom. The van der Waals surface area contributed by atoms with Crippen molar-refractivity contribution in [1.82, 2.24) is 15.4 Å². The van der Waals surface area contributed by atoms with Crippen molar-refractivity contribution in [3.05, 3.63) is 176 Å². The molecule has 2 aromatic heterocycles. The van der Waals surface area contributed by atoms with Crippen molar-refractivity contribution < 1.29 is 0 Å². The second-order valence-electron chi connectivity index (χ2n) is 12.0. The van der Waals surface area contributed by atoms with Crippen molar-refractivity contribution in [3.8, 4) is 67.0 Å². The standard InChI is InChI=1S/C45H29N3Se/c1-4-16-30(17-5-1)33-22-10-11-23-35(33)43-44(32-20-8-3-9-21-32)46-48-47-45(43)38-27-14-25-34(31-18-6-2-7-19-31)41(38)37-26-15-29-40-42(37)36-24-12-13-28-39(36)49-40/h1-29H. The molecule has 9 rings (SSSR count). The molecule has 0 unspecified atom stereocenters. The Labute approximate surface area is 290 Å². The van der Waals surface area contributed by atoms with Crippen LogP contribution in [0.2, 0.25) is 0 Å². The molecule has 0 radical (unpaired) electrons. The number of hydrogen-bond acceptors (Lipinski definition) is 3. The van der Waals surface area contributed by atoms with Gasteiger partial charge in [0, 0.05) is 0 Å². The fourth-order valence-corrected chi connectivity index (χ4v) is 9.39. The number of aromatic nitrogens is 3. The van der Waals surface area contributed by atoms with Crippen LogP contribution in [-0.2, 0) is 0 Å². The summed E-state index contributed by atoms with van der Waals surface area (Å²) in [6.45, 7) is 0. The molecule has 0 bridgehead atoms. The number of nitrogens with zero attached hydrogens (tertiary/aromatic N) is 3. The third-order valence-corrected chi connectivity index (χ3v) is 11.6. The van der Waals surface area contributed by atoms with Crippen LogP contribution in [0.1, 0.15) is 0 Å². The van der Waals surface area contributed by atoms with E-state index in [1.54, 1.807) is 0 Å². The minimum absolute atomic E-state index is 0.237. The zero-order valence-electron chi connectivity index (χ0n) is 26.5. The van der Waals surface area contributed by atoms with Crippen LogP contribution in [0.5, 0.6) is 0 Å². The van der Waals surface area contributed by atoms with Gasteiger partial charge in [-0.1, -0.05) is 6.07 Å². The Kier molecular flexibility index (Phi) is 7.51. The van der Waals surface area contributed by atoms with Gasteiger partial charge in [-0.3, -0.25) is 0 Å². The summed E-state index contributed by atoms with van der Waals surface area (Å²) >= 11 is 0.237. The van der Waals surface area contributed by atoms with Gasteiger partial charge in [0.25, 0.3) is 0 Å². The monoisotopic (exact) mass is 691 g/mol. The molecule has 7 aromatic carbocycles. The molecular formula is C45H29N3Se. The van der Waals surface area contributed by atoms with Gasteiger partial charge in [-0.05, 0) is 0 Å². The van der Waals surface area contributed by atoms with Crippen molar-refractivity contribution >= 4 is 33.8 Å². The molecule has 9 aromatic rings. The van der Waals surface area contributed by atoms with Gasteiger partial charge in [0.15, 0.2) is 0 Å². The molecule has 0 atom stereocenters. The summed E-state index contributed by atoms with van der Waals surface area (Å²) in [6.07, 6.45) is 0. The number of fused-ring (bicyclic) bond motifs is 3. The third-order valence-electron chi connectivity index (χ3n) is 9.17. The van der Waals surface area contributed by atoms with E-state index < -0.39 is 0 Å². The van der Waals surface area contributed by atoms with Crippen LogP contribution in [0, 0.1) is 0 Å². The van der Waals surface area contributed by atoms with Gasteiger partial charge in [-0.25, -0.2) is 0 Å². The van der Waals surface area contributed by atoms with Gasteiger partial charge in [0.2, 0.25) is 0 Å². The molecule has 4 heteroatoms. The van der Waals surface area contributed by atoms with Gasteiger partial charge in [0.05, 0.1) is 0 Å². The van der Waals surface area contributed by atoms with E-state index in [2.05, 4.69) is 175 Å². The normalized spacial score (nSPS) is 11.3.